The maximum absolute atomic E-state index is 13.5. The van der Waals surface area contributed by atoms with Gasteiger partial charge >= 0.3 is 0 Å². The second-order valence-corrected chi connectivity index (χ2v) is 8.00. The molecule has 160 valence electrons. The Bertz CT molecular complexity index is 1330. The van der Waals surface area contributed by atoms with Crippen molar-refractivity contribution in [2.24, 2.45) is 0 Å². The maximum atomic E-state index is 13.5. The van der Waals surface area contributed by atoms with E-state index >= 15 is 0 Å². The van der Waals surface area contributed by atoms with Gasteiger partial charge in [0.25, 0.3) is 11.5 Å². The molecular formula is C24H20ClN5O2. The number of hydrogen-bond donors (Lipinski definition) is 0. The Morgan fingerprint density at radius 2 is 1.53 bits per heavy atom. The summed E-state index contributed by atoms with van der Waals surface area (Å²) >= 11 is 5.93. The molecule has 0 saturated carbocycles. The van der Waals surface area contributed by atoms with Crippen molar-refractivity contribution in [1.82, 2.24) is 19.7 Å². The van der Waals surface area contributed by atoms with Gasteiger partial charge in [-0.05, 0) is 30.3 Å². The highest BCUT2D eigenvalue weighted by atomic mass is 35.5. The Morgan fingerprint density at radius 3 is 2.22 bits per heavy atom. The van der Waals surface area contributed by atoms with Crippen LogP contribution in [0, 0.1) is 0 Å². The largest absolute Gasteiger partial charge is 0.353 e. The topological polar surface area (TPSA) is 71.3 Å². The number of carbonyl (C=O) groups excluding carboxylic acids is 1. The average molecular weight is 446 g/mol. The second-order valence-electron chi connectivity index (χ2n) is 7.56. The number of nitrogens with zero attached hydrogens (tertiary/aromatic N) is 5. The van der Waals surface area contributed by atoms with Crippen LogP contribution < -0.4 is 10.5 Å². The summed E-state index contributed by atoms with van der Waals surface area (Å²) in [7, 11) is 0. The van der Waals surface area contributed by atoms with Crippen molar-refractivity contribution in [1.29, 1.82) is 0 Å². The first-order chi connectivity index (χ1) is 15.6. The number of amides is 1. The highest BCUT2D eigenvalue weighted by Gasteiger charge is 2.26. The van der Waals surface area contributed by atoms with Gasteiger partial charge in [0.15, 0.2) is 5.69 Å². The van der Waals surface area contributed by atoms with E-state index in [0.717, 1.165) is 5.82 Å². The van der Waals surface area contributed by atoms with Gasteiger partial charge in [-0.3, -0.25) is 9.59 Å². The van der Waals surface area contributed by atoms with E-state index in [1.807, 2.05) is 36.4 Å². The molecule has 1 fully saturated rings. The van der Waals surface area contributed by atoms with Crippen molar-refractivity contribution in [3.63, 3.8) is 0 Å². The standard InChI is InChI=1S/C24H20ClN5O2/c25-17-10-11-21(26-16-17)28-12-14-29(15-13-28)24(32)22-19-8-4-5-9-20(19)23(31)30(27-22)18-6-2-1-3-7-18/h1-11,16H,12-15H2. The highest BCUT2D eigenvalue weighted by Crippen LogP contribution is 2.20. The van der Waals surface area contributed by atoms with Crippen LogP contribution in [0.2, 0.25) is 5.02 Å². The predicted molar refractivity (Wildman–Crippen MR) is 125 cm³/mol. The molecule has 2 aromatic carbocycles. The van der Waals surface area contributed by atoms with Gasteiger partial charge in [0.2, 0.25) is 0 Å². The summed E-state index contributed by atoms with van der Waals surface area (Å²) in [5.41, 5.74) is 0.653. The number of piperazine rings is 1. The normalized spacial score (nSPS) is 14.0. The molecule has 1 aliphatic heterocycles. The molecule has 0 unspecified atom stereocenters. The minimum atomic E-state index is -0.248. The molecule has 5 rings (SSSR count). The fraction of sp³-hybridized carbons (Fsp3) is 0.167. The molecule has 32 heavy (non-hydrogen) atoms. The minimum absolute atomic E-state index is 0.186. The number of benzene rings is 2. The number of carbonyl (C=O) groups is 1. The number of rotatable bonds is 3. The van der Waals surface area contributed by atoms with E-state index in [-0.39, 0.29) is 17.2 Å². The first kappa shape index (κ1) is 20.2. The summed E-state index contributed by atoms with van der Waals surface area (Å²) in [5.74, 6) is 0.650. The van der Waals surface area contributed by atoms with E-state index < -0.39 is 0 Å². The van der Waals surface area contributed by atoms with Gasteiger partial charge in [0.05, 0.1) is 16.1 Å². The lowest BCUT2D eigenvalue weighted by Gasteiger charge is -2.35. The van der Waals surface area contributed by atoms with Gasteiger partial charge in [-0.2, -0.15) is 9.78 Å². The number of halogens is 1. The molecule has 0 aliphatic carbocycles. The zero-order valence-electron chi connectivity index (χ0n) is 17.2. The number of pyridine rings is 1. The van der Waals surface area contributed by atoms with Gasteiger partial charge in [-0.15, -0.1) is 0 Å². The molecule has 7 nitrogen and oxygen atoms in total. The van der Waals surface area contributed by atoms with Crippen LogP contribution in [0.1, 0.15) is 10.5 Å². The molecule has 0 atom stereocenters. The van der Waals surface area contributed by atoms with E-state index in [1.54, 1.807) is 41.4 Å². The van der Waals surface area contributed by atoms with Gasteiger partial charge < -0.3 is 9.80 Å². The molecule has 1 saturated heterocycles. The summed E-state index contributed by atoms with van der Waals surface area (Å²) in [4.78, 5) is 34.8. The molecule has 0 N–H and O–H groups in total. The Hall–Kier alpha value is -3.71. The van der Waals surface area contributed by atoms with E-state index in [1.165, 1.54) is 4.68 Å². The Morgan fingerprint density at radius 1 is 0.844 bits per heavy atom. The van der Waals surface area contributed by atoms with Crippen molar-refractivity contribution in [3.8, 4) is 5.69 Å². The number of hydrogen-bond acceptors (Lipinski definition) is 5. The summed E-state index contributed by atoms with van der Waals surface area (Å²) < 4.78 is 1.31. The Balaban J connectivity index is 1.47. The van der Waals surface area contributed by atoms with Crippen molar-refractivity contribution in [2.75, 3.05) is 31.1 Å². The van der Waals surface area contributed by atoms with Crippen molar-refractivity contribution in [2.45, 2.75) is 0 Å². The van der Waals surface area contributed by atoms with Crippen LogP contribution in [-0.4, -0.2) is 51.8 Å². The minimum Gasteiger partial charge on any atom is -0.353 e. The highest BCUT2D eigenvalue weighted by molar-refractivity contribution is 6.30. The summed E-state index contributed by atoms with van der Waals surface area (Å²) in [6.45, 7) is 2.36. The molecule has 8 heteroatoms. The zero-order chi connectivity index (χ0) is 22.1. The lowest BCUT2D eigenvalue weighted by molar-refractivity contribution is 0.0741. The van der Waals surface area contributed by atoms with Crippen molar-refractivity contribution in [3.05, 3.63) is 94.0 Å². The fourth-order valence-corrected chi connectivity index (χ4v) is 4.05. The molecule has 1 aliphatic rings. The predicted octanol–water partition coefficient (Wildman–Crippen LogP) is 3.40. The number of anilines is 1. The number of aromatic nitrogens is 3. The SMILES string of the molecule is O=C(c1nn(-c2ccccc2)c(=O)c2ccccc12)N1CCN(c2ccc(Cl)cn2)CC1. The van der Waals surface area contributed by atoms with Gasteiger partial charge in [0, 0.05) is 37.8 Å². The molecule has 0 spiro atoms. The molecular weight excluding hydrogens is 426 g/mol. The third-order valence-corrected chi connectivity index (χ3v) is 5.83. The average Bonchev–Trinajstić information content (AvgIpc) is 2.85. The summed E-state index contributed by atoms with van der Waals surface area (Å²) in [5, 5.41) is 6.13. The third kappa shape index (κ3) is 3.71. The number of para-hydroxylation sites is 1. The zero-order valence-corrected chi connectivity index (χ0v) is 17.9. The third-order valence-electron chi connectivity index (χ3n) is 5.61. The van der Waals surface area contributed by atoms with Crippen molar-refractivity contribution < 1.29 is 4.79 Å². The molecule has 3 heterocycles. The van der Waals surface area contributed by atoms with E-state index in [0.29, 0.717) is 47.7 Å². The Labute approximate surface area is 189 Å². The summed E-state index contributed by atoms with van der Waals surface area (Å²) in [6, 6.07) is 20.0. The van der Waals surface area contributed by atoms with Crippen LogP contribution in [0.3, 0.4) is 0 Å². The van der Waals surface area contributed by atoms with Gasteiger partial charge in [0.1, 0.15) is 5.82 Å². The van der Waals surface area contributed by atoms with Crippen LogP contribution in [-0.2, 0) is 0 Å². The molecule has 2 aromatic heterocycles. The Kier molecular flexibility index (Phi) is 5.33. The first-order valence-corrected chi connectivity index (χ1v) is 10.7. The molecule has 1 amide bonds. The quantitative estimate of drug-likeness (QED) is 0.483. The second kappa shape index (κ2) is 8.43. The number of fused-ring (bicyclic) bond motifs is 1. The molecule has 0 radical (unpaired) electrons. The van der Waals surface area contributed by atoms with Crippen LogP contribution in [0.4, 0.5) is 5.82 Å². The van der Waals surface area contributed by atoms with Crippen LogP contribution in [0.25, 0.3) is 16.5 Å². The first-order valence-electron chi connectivity index (χ1n) is 10.3. The lowest BCUT2D eigenvalue weighted by atomic mass is 10.1. The van der Waals surface area contributed by atoms with E-state index in [2.05, 4.69) is 15.0 Å². The van der Waals surface area contributed by atoms with E-state index in [9.17, 15) is 9.59 Å². The van der Waals surface area contributed by atoms with Gasteiger partial charge in [-0.1, -0.05) is 48.0 Å². The van der Waals surface area contributed by atoms with E-state index in [4.69, 9.17) is 11.6 Å². The molecule has 4 aromatic rings. The fourth-order valence-electron chi connectivity index (χ4n) is 3.94. The maximum Gasteiger partial charge on any atom is 0.279 e. The monoisotopic (exact) mass is 445 g/mol. The van der Waals surface area contributed by atoms with Crippen LogP contribution >= 0.6 is 11.6 Å². The smallest absolute Gasteiger partial charge is 0.279 e. The van der Waals surface area contributed by atoms with Crippen LogP contribution in [0.5, 0.6) is 0 Å². The summed E-state index contributed by atoms with van der Waals surface area (Å²) in [6.07, 6.45) is 1.62. The van der Waals surface area contributed by atoms with Crippen molar-refractivity contribution >= 4 is 34.1 Å². The van der Waals surface area contributed by atoms with Gasteiger partial charge in [-0.25, -0.2) is 4.98 Å². The van der Waals surface area contributed by atoms with Crippen LogP contribution in [0.15, 0.2) is 77.7 Å². The molecule has 0 bridgehead atoms. The lowest BCUT2D eigenvalue weighted by Crippen LogP contribution is -2.49.